The van der Waals surface area contributed by atoms with Gasteiger partial charge in [-0.05, 0) is 70.2 Å². The Morgan fingerprint density at radius 2 is 1.87 bits per heavy atom. The monoisotopic (exact) mass is 428 g/mol. The molecule has 0 spiro atoms. The zero-order chi connectivity index (χ0) is 23.3. The summed E-state index contributed by atoms with van der Waals surface area (Å²) in [5, 5.41) is 2.88. The van der Waals surface area contributed by atoms with Crippen molar-refractivity contribution in [2.24, 2.45) is 0 Å². The van der Waals surface area contributed by atoms with E-state index in [-0.39, 0.29) is 24.9 Å². The van der Waals surface area contributed by atoms with Crippen LogP contribution in [0.4, 0.5) is 0 Å². The molecule has 2 N–H and O–H groups in total. The first-order chi connectivity index (χ1) is 14.5. The van der Waals surface area contributed by atoms with Gasteiger partial charge in [0.05, 0.1) is 0 Å². The number of carbonyl (C=O) groups excluding carboxylic acids is 3. The third kappa shape index (κ3) is 5.96. The van der Waals surface area contributed by atoms with E-state index >= 15 is 0 Å². The van der Waals surface area contributed by atoms with E-state index in [2.05, 4.69) is 16.9 Å². The number of nitrogens with one attached hydrogen (secondary N) is 2. The van der Waals surface area contributed by atoms with Crippen molar-refractivity contribution in [2.45, 2.75) is 66.4 Å². The molecule has 2 rings (SSSR count). The number of aromatic nitrogens is 1. The van der Waals surface area contributed by atoms with Gasteiger partial charge < -0.3 is 19.8 Å². The second kappa shape index (κ2) is 9.81. The van der Waals surface area contributed by atoms with Gasteiger partial charge in [0.25, 0.3) is 5.91 Å². The molecule has 1 aromatic rings. The molecule has 168 valence electrons. The summed E-state index contributed by atoms with van der Waals surface area (Å²) in [4.78, 5) is 40.0. The van der Waals surface area contributed by atoms with E-state index in [0.717, 1.165) is 16.7 Å². The third-order valence-corrected chi connectivity index (χ3v) is 4.98. The van der Waals surface area contributed by atoms with Crippen LogP contribution in [0.5, 0.6) is 0 Å². The van der Waals surface area contributed by atoms with Gasteiger partial charge in [0, 0.05) is 23.4 Å². The Labute approximate surface area is 183 Å². The lowest BCUT2D eigenvalue weighted by atomic mass is 10.0. The van der Waals surface area contributed by atoms with Crippen LogP contribution in [0.25, 0.3) is 6.08 Å². The number of ether oxygens (including phenoxy) is 2. The Balaban J connectivity index is 2.44. The van der Waals surface area contributed by atoms with E-state index in [0.29, 0.717) is 35.5 Å². The fraction of sp³-hybridized carbons (Fsp3) is 0.458. The largest absolute Gasteiger partial charge is 0.461 e. The molecule has 0 bridgehead atoms. The smallest absolute Gasteiger partial charge is 0.355 e. The standard InChI is InChI=1S/C24H32N2O5/c1-8-12-30-20(27)11-10-17-15(4)21(23(29)31-24(5,6)7)25-19(17)13-18-14(3)16(9-2)22(28)26-18/h8,13,25H,1,9-12H2,2-7H3,(H,26,28)/b18-13+. The van der Waals surface area contributed by atoms with Crippen LogP contribution in [-0.4, -0.2) is 35.0 Å². The minimum absolute atomic E-state index is 0.114. The molecule has 31 heavy (non-hydrogen) atoms. The van der Waals surface area contributed by atoms with Crippen molar-refractivity contribution in [1.82, 2.24) is 10.3 Å². The van der Waals surface area contributed by atoms with E-state index in [9.17, 15) is 14.4 Å². The van der Waals surface area contributed by atoms with Gasteiger partial charge in [-0.1, -0.05) is 19.6 Å². The Bertz CT molecular complexity index is 957. The van der Waals surface area contributed by atoms with Gasteiger partial charge in [-0.3, -0.25) is 9.59 Å². The summed E-state index contributed by atoms with van der Waals surface area (Å²) in [6.45, 7) is 14.7. The fourth-order valence-electron chi connectivity index (χ4n) is 3.43. The lowest BCUT2D eigenvalue weighted by Crippen LogP contribution is -2.24. The van der Waals surface area contributed by atoms with E-state index in [1.165, 1.54) is 6.08 Å². The molecule has 0 atom stereocenters. The number of hydrogen-bond donors (Lipinski definition) is 2. The maximum atomic E-state index is 12.7. The van der Waals surface area contributed by atoms with Crippen molar-refractivity contribution in [3.05, 3.63) is 52.0 Å². The zero-order valence-corrected chi connectivity index (χ0v) is 19.2. The molecular weight excluding hydrogens is 396 g/mol. The van der Waals surface area contributed by atoms with Gasteiger partial charge >= 0.3 is 11.9 Å². The van der Waals surface area contributed by atoms with Gasteiger partial charge in [0.1, 0.15) is 17.9 Å². The first kappa shape index (κ1) is 24.2. The minimum Gasteiger partial charge on any atom is -0.461 e. The molecule has 0 aromatic carbocycles. The van der Waals surface area contributed by atoms with Crippen LogP contribution in [0.1, 0.15) is 74.8 Å². The van der Waals surface area contributed by atoms with Crippen molar-refractivity contribution in [2.75, 3.05) is 6.61 Å². The normalized spacial score (nSPS) is 15.3. The number of esters is 2. The maximum Gasteiger partial charge on any atom is 0.355 e. The average Bonchev–Trinajstić information content (AvgIpc) is 3.12. The van der Waals surface area contributed by atoms with Crippen molar-refractivity contribution in [3.8, 4) is 0 Å². The molecule has 0 radical (unpaired) electrons. The fourth-order valence-corrected chi connectivity index (χ4v) is 3.43. The van der Waals surface area contributed by atoms with Crippen LogP contribution in [-0.2, 0) is 25.5 Å². The number of aromatic amines is 1. The molecule has 0 aliphatic carbocycles. The van der Waals surface area contributed by atoms with E-state index < -0.39 is 11.6 Å². The van der Waals surface area contributed by atoms with Crippen LogP contribution in [0, 0.1) is 6.92 Å². The Kier molecular flexibility index (Phi) is 7.65. The number of rotatable bonds is 8. The molecule has 7 heteroatoms. The van der Waals surface area contributed by atoms with E-state index in [1.807, 2.05) is 20.8 Å². The molecule has 0 fully saturated rings. The van der Waals surface area contributed by atoms with Gasteiger partial charge in [0.2, 0.25) is 0 Å². The summed E-state index contributed by atoms with van der Waals surface area (Å²) in [6.07, 6.45) is 4.47. The number of amides is 1. The van der Waals surface area contributed by atoms with Crippen molar-refractivity contribution >= 4 is 23.9 Å². The predicted molar refractivity (Wildman–Crippen MR) is 119 cm³/mol. The first-order valence-electron chi connectivity index (χ1n) is 10.4. The highest BCUT2D eigenvalue weighted by Crippen LogP contribution is 2.28. The highest BCUT2D eigenvalue weighted by Gasteiger charge is 2.26. The van der Waals surface area contributed by atoms with Crippen LogP contribution < -0.4 is 5.32 Å². The van der Waals surface area contributed by atoms with Gasteiger partial charge in [-0.25, -0.2) is 4.79 Å². The summed E-state index contributed by atoms with van der Waals surface area (Å²) >= 11 is 0. The average molecular weight is 429 g/mol. The number of H-pyrrole nitrogens is 1. The Morgan fingerprint density at radius 3 is 2.42 bits per heavy atom. The van der Waals surface area contributed by atoms with E-state index in [1.54, 1.807) is 26.8 Å². The summed E-state index contributed by atoms with van der Waals surface area (Å²) in [7, 11) is 0. The quantitative estimate of drug-likeness (QED) is 0.479. The molecule has 1 aromatic heterocycles. The minimum atomic E-state index is -0.642. The van der Waals surface area contributed by atoms with Crippen LogP contribution in [0.3, 0.4) is 0 Å². The van der Waals surface area contributed by atoms with Gasteiger partial charge in [-0.15, -0.1) is 0 Å². The lowest BCUT2D eigenvalue weighted by Gasteiger charge is -2.19. The second-order valence-corrected chi connectivity index (χ2v) is 8.46. The Morgan fingerprint density at radius 1 is 1.19 bits per heavy atom. The molecule has 0 saturated carbocycles. The summed E-state index contributed by atoms with van der Waals surface area (Å²) in [5.74, 6) is -0.935. The Hall–Kier alpha value is -3.09. The molecule has 1 amide bonds. The molecular formula is C24H32N2O5. The SMILES string of the molecule is C=CCOC(=O)CCc1c(/C=C2/NC(=O)C(CC)=C2C)[nH]c(C(=O)OC(C)(C)C)c1C. The highest BCUT2D eigenvalue weighted by molar-refractivity contribution is 6.01. The molecule has 2 heterocycles. The number of carbonyl (C=O) groups is 3. The second-order valence-electron chi connectivity index (χ2n) is 8.46. The summed E-state index contributed by atoms with van der Waals surface area (Å²) in [6, 6.07) is 0. The van der Waals surface area contributed by atoms with Crippen molar-refractivity contribution in [3.63, 3.8) is 0 Å². The molecule has 7 nitrogen and oxygen atoms in total. The van der Waals surface area contributed by atoms with Gasteiger partial charge in [0.15, 0.2) is 0 Å². The number of hydrogen-bond acceptors (Lipinski definition) is 5. The highest BCUT2D eigenvalue weighted by atomic mass is 16.6. The van der Waals surface area contributed by atoms with Crippen LogP contribution >= 0.6 is 0 Å². The van der Waals surface area contributed by atoms with Crippen molar-refractivity contribution < 1.29 is 23.9 Å². The summed E-state index contributed by atoms with van der Waals surface area (Å²) < 4.78 is 10.6. The lowest BCUT2D eigenvalue weighted by molar-refractivity contribution is -0.142. The van der Waals surface area contributed by atoms with Gasteiger partial charge in [-0.2, -0.15) is 0 Å². The molecule has 1 aliphatic rings. The van der Waals surface area contributed by atoms with E-state index in [4.69, 9.17) is 9.47 Å². The number of allylic oxidation sites excluding steroid dienone is 1. The van der Waals surface area contributed by atoms with Crippen LogP contribution in [0.2, 0.25) is 0 Å². The molecule has 0 unspecified atom stereocenters. The third-order valence-electron chi connectivity index (χ3n) is 4.98. The summed E-state index contributed by atoms with van der Waals surface area (Å²) in [5.41, 5.74) is 4.13. The van der Waals surface area contributed by atoms with Crippen molar-refractivity contribution in [1.29, 1.82) is 0 Å². The maximum absolute atomic E-state index is 12.7. The molecule has 0 saturated heterocycles. The topological polar surface area (TPSA) is 97.5 Å². The predicted octanol–water partition coefficient (Wildman–Crippen LogP) is 4.14. The molecule has 1 aliphatic heterocycles. The zero-order valence-electron chi connectivity index (χ0n) is 19.2. The van der Waals surface area contributed by atoms with Crippen LogP contribution in [0.15, 0.2) is 29.5 Å². The first-order valence-corrected chi connectivity index (χ1v) is 10.4.